The zero-order valence-electron chi connectivity index (χ0n) is 16.8. The van der Waals surface area contributed by atoms with Crippen molar-refractivity contribution in [2.75, 3.05) is 37.7 Å². The van der Waals surface area contributed by atoms with E-state index in [1.807, 2.05) is 23.1 Å². The fraction of sp³-hybridized carbons (Fsp3) is 0.292. The third-order valence-corrected chi connectivity index (χ3v) is 5.76. The molecule has 0 unspecified atom stereocenters. The molecule has 0 bridgehead atoms. The van der Waals surface area contributed by atoms with Crippen molar-refractivity contribution in [3.8, 4) is 11.4 Å². The molecule has 0 spiro atoms. The molecule has 2 aliphatic heterocycles. The Morgan fingerprint density at radius 1 is 0.967 bits per heavy atom. The Morgan fingerprint density at radius 3 is 2.60 bits per heavy atom. The molecule has 3 aromatic rings. The Bertz CT molecular complexity index is 1050. The number of carbonyl (C=O) groups is 1. The summed E-state index contributed by atoms with van der Waals surface area (Å²) in [4.78, 5) is 26.1. The van der Waals surface area contributed by atoms with Crippen LogP contribution in [0.25, 0.3) is 11.4 Å². The molecule has 0 atom stereocenters. The Labute approximate surface area is 176 Å². The minimum atomic E-state index is 0.134. The van der Waals surface area contributed by atoms with E-state index in [4.69, 9.17) is 4.74 Å². The zero-order valence-corrected chi connectivity index (χ0v) is 16.8. The van der Waals surface area contributed by atoms with Gasteiger partial charge in [-0.25, -0.2) is 9.97 Å². The second kappa shape index (κ2) is 8.24. The van der Waals surface area contributed by atoms with Gasteiger partial charge in [-0.15, -0.1) is 0 Å². The van der Waals surface area contributed by atoms with Gasteiger partial charge in [-0.05, 0) is 35.7 Å². The van der Waals surface area contributed by atoms with Gasteiger partial charge in [0.1, 0.15) is 0 Å². The van der Waals surface area contributed by atoms with Crippen LogP contribution in [0.4, 0.5) is 5.69 Å². The summed E-state index contributed by atoms with van der Waals surface area (Å²) in [6.45, 7) is 4.45. The number of hydrogen-bond acceptors (Lipinski definition) is 5. The summed E-state index contributed by atoms with van der Waals surface area (Å²) in [6, 6.07) is 16.3. The van der Waals surface area contributed by atoms with Crippen molar-refractivity contribution in [3.05, 3.63) is 77.6 Å². The predicted molar refractivity (Wildman–Crippen MR) is 115 cm³/mol. The maximum atomic E-state index is 13.2. The quantitative estimate of drug-likeness (QED) is 0.658. The van der Waals surface area contributed by atoms with E-state index in [9.17, 15) is 4.79 Å². The van der Waals surface area contributed by atoms with E-state index < -0.39 is 0 Å². The molecule has 6 heteroatoms. The lowest BCUT2D eigenvalue weighted by molar-refractivity contribution is 0.0779. The summed E-state index contributed by atoms with van der Waals surface area (Å²) in [5, 5.41) is 0. The molecule has 1 saturated heterocycles. The molecule has 6 nitrogen and oxygen atoms in total. The second-order valence-electron chi connectivity index (χ2n) is 7.66. The van der Waals surface area contributed by atoms with Crippen molar-refractivity contribution in [2.24, 2.45) is 0 Å². The largest absolute Gasteiger partial charge is 0.378 e. The van der Waals surface area contributed by atoms with Crippen molar-refractivity contribution in [1.29, 1.82) is 0 Å². The van der Waals surface area contributed by atoms with Crippen molar-refractivity contribution in [3.63, 3.8) is 0 Å². The Morgan fingerprint density at radius 2 is 1.77 bits per heavy atom. The zero-order chi connectivity index (χ0) is 20.3. The van der Waals surface area contributed by atoms with Crippen LogP contribution in [0, 0.1) is 0 Å². The first-order valence-electron chi connectivity index (χ1n) is 10.4. The first-order chi connectivity index (χ1) is 14.8. The minimum Gasteiger partial charge on any atom is -0.378 e. The van der Waals surface area contributed by atoms with E-state index in [1.54, 1.807) is 12.4 Å². The van der Waals surface area contributed by atoms with Crippen molar-refractivity contribution in [1.82, 2.24) is 14.9 Å². The maximum Gasteiger partial charge on any atom is 0.256 e. The highest BCUT2D eigenvalue weighted by atomic mass is 16.5. The van der Waals surface area contributed by atoms with Crippen LogP contribution in [-0.4, -0.2) is 53.6 Å². The van der Waals surface area contributed by atoms with Crippen molar-refractivity contribution in [2.45, 2.75) is 13.0 Å². The highest BCUT2D eigenvalue weighted by Crippen LogP contribution is 2.32. The van der Waals surface area contributed by atoms with Gasteiger partial charge < -0.3 is 14.5 Å². The molecule has 3 heterocycles. The normalized spacial score (nSPS) is 16.1. The lowest BCUT2D eigenvalue weighted by atomic mass is 10.1. The molecule has 152 valence electrons. The first-order valence-corrected chi connectivity index (χ1v) is 10.4. The van der Waals surface area contributed by atoms with Gasteiger partial charge >= 0.3 is 0 Å². The van der Waals surface area contributed by atoms with Crippen LogP contribution in [0.15, 0.2) is 60.9 Å². The molecular formula is C24H24N4O2. The molecule has 2 aromatic carbocycles. The van der Waals surface area contributed by atoms with E-state index in [0.29, 0.717) is 26.3 Å². The van der Waals surface area contributed by atoms with E-state index in [0.717, 1.165) is 47.7 Å². The van der Waals surface area contributed by atoms with Gasteiger partial charge in [0.05, 0.1) is 24.5 Å². The van der Waals surface area contributed by atoms with Gasteiger partial charge in [-0.3, -0.25) is 4.79 Å². The number of hydrogen-bond donors (Lipinski definition) is 0. The van der Waals surface area contributed by atoms with Crippen molar-refractivity contribution >= 4 is 11.6 Å². The monoisotopic (exact) mass is 400 g/mol. The van der Waals surface area contributed by atoms with Gasteiger partial charge in [-0.2, -0.15) is 0 Å². The number of fused-ring (bicyclic) bond motifs is 1. The molecule has 30 heavy (non-hydrogen) atoms. The number of benzene rings is 2. The summed E-state index contributed by atoms with van der Waals surface area (Å²) in [7, 11) is 0. The van der Waals surface area contributed by atoms with Crippen LogP contribution in [-0.2, 0) is 17.7 Å². The number of ether oxygens (including phenoxy) is 1. The van der Waals surface area contributed by atoms with E-state index in [2.05, 4.69) is 45.2 Å². The van der Waals surface area contributed by atoms with Crippen LogP contribution in [0.1, 0.15) is 21.5 Å². The number of carbonyl (C=O) groups excluding carboxylic acids is 1. The fourth-order valence-electron chi connectivity index (χ4n) is 4.23. The van der Waals surface area contributed by atoms with Crippen LogP contribution >= 0.6 is 0 Å². The van der Waals surface area contributed by atoms with Gasteiger partial charge in [0.15, 0.2) is 5.82 Å². The van der Waals surface area contributed by atoms with Crippen LogP contribution in [0.2, 0.25) is 0 Å². The average molecular weight is 400 g/mol. The summed E-state index contributed by atoms with van der Waals surface area (Å²) < 4.78 is 5.47. The average Bonchev–Trinajstić information content (AvgIpc) is 3.15. The van der Waals surface area contributed by atoms with E-state index in [-0.39, 0.29) is 5.91 Å². The molecule has 1 amide bonds. The molecule has 1 aromatic heterocycles. The number of aromatic nitrogens is 2. The molecular weight excluding hydrogens is 376 g/mol. The third-order valence-electron chi connectivity index (χ3n) is 5.76. The maximum absolute atomic E-state index is 13.2. The molecule has 0 saturated carbocycles. The predicted octanol–water partition coefficient (Wildman–Crippen LogP) is 3.18. The third kappa shape index (κ3) is 3.66. The van der Waals surface area contributed by atoms with Crippen LogP contribution in [0.3, 0.4) is 0 Å². The summed E-state index contributed by atoms with van der Waals surface area (Å²) >= 11 is 0. The van der Waals surface area contributed by atoms with E-state index >= 15 is 0 Å². The van der Waals surface area contributed by atoms with E-state index in [1.165, 1.54) is 5.56 Å². The lowest BCUT2D eigenvalue weighted by Crippen LogP contribution is -2.37. The minimum absolute atomic E-state index is 0.134. The number of nitrogens with zero attached hydrogens (tertiary/aromatic N) is 4. The van der Waals surface area contributed by atoms with Gasteiger partial charge in [0, 0.05) is 44.1 Å². The van der Waals surface area contributed by atoms with Gasteiger partial charge in [-0.1, -0.05) is 30.3 Å². The van der Waals surface area contributed by atoms with Crippen LogP contribution < -0.4 is 4.90 Å². The summed E-state index contributed by atoms with van der Waals surface area (Å²) in [6.07, 6.45) is 4.30. The molecule has 5 rings (SSSR count). The number of morpholine rings is 1. The SMILES string of the molecule is O=C1c2c(cccc2N2CCOCC2)CN1CCc1cccc(-c2ncccn2)c1. The molecule has 0 N–H and O–H groups in total. The molecule has 0 aliphatic carbocycles. The standard InChI is InChI=1S/C24H24N4O2/c29-24-22-20(6-2-7-21(22)27-12-14-30-15-13-27)17-28(24)11-8-18-4-1-5-19(16-18)23-25-9-3-10-26-23/h1-7,9-10,16H,8,11-15,17H2. The Hall–Kier alpha value is -3.25. The highest BCUT2D eigenvalue weighted by Gasteiger charge is 2.31. The number of rotatable bonds is 5. The lowest BCUT2D eigenvalue weighted by Gasteiger charge is -2.30. The van der Waals surface area contributed by atoms with Gasteiger partial charge in [0.25, 0.3) is 5.91 Å². The first kappa shape index (κ1) is 18.8. The summed E-state index contributed by atoms with van der Waals surface area (Å²) in [5.74, 6) is 0.855. The Balaban J connectivity index is 1.30. The summed E-state index contributed by atoms with van der Waals surface area (Å²) in [5.41, 5.74) is 5.21. The van der Waals surface area contributed by atoms with Gasteiger partial charge in [0.2, 0.25) is 0 Å². The fourth-order valence-corrected chi connectivity index (χ4v) is 4.23. The highest BCUT2D eigenvalue weighted by molar-refractivity contribution is 6.03. The topological polar surface area (TPSA) is 58.6 Å². The Kier molecular flexibility index (Phi) is 5.15. The number of anilines is 1. The van der Waals surface area contributed by atoms with Crippen LogP contribution in [0.5, 0.6) is 0 Å². The smallest absolute Gasteiger partial charge is 0.256 e. The molecule has 0 radical (unpaired) electrons. The molecule has 1 fully saturated rings. The number of amides is 1. The second-order valence-corrected chi connectivity index (χ2v) is 7.66. The molecule has 2 aliphatic rings. The van der Waals surface area contributed by atoms with Crippen molar-refractivity contribution < 1.29 is 9.53 Å².